The van der Waals surface area contributed by atoms with Crippen LogP contribution in [0.15, 0.2) is 24.4 Å². The van der Waals surface area contributed by atoms with Crippen molar-refractivity contribution in [2.75, 3.05) is 31.4 Å². The molecule has 0 aliphatic heterocycles. The second-order valence-electron chi connectivity index (χ2n) is 4.66. The summed E-state index contributed by atoms with van der Waals surface area (Å²) in [6.07, 6.45) is 1.40. The molecular formula is C14H15Cl2N5O. The Kier molecular flexibility index (Phi) is 5.05. The van der Waals surface area contributed by atoms with Gasteiger partial charge < -0.3 is 15.5 Å². The number of carbonyl (C=O) groups excluding carboxylic acids is 1. The van der Waals surface area contributed by atoms with E-state index in [1.165, 1.54) is 6.20 Å². The van der Waals surface area contributed by atoms with E-state index in [1.54, 1.807) is 19.2 Å². The molecule has 116 valence electrons. The fraction of sp³-hybridized carbons (Fsp3) is 0.214. The molecule has 0 bridgehead atoms. The normalized spacial score (nSPS) is 10.2. The van der Waals surface area contributed by atoms with E-state index in [4.69, 9.17) is 23.2 Å². The molecule has 6 nitrogen and oxygen atoms in total. The molecule has 2 aromatic rings. The average Bonchev–Trinajstić information content (AvgIpc) is 2.50. The zero-order chi connectivity index (χ0) is 16.3. The quantitative estimate of drug-likeness (QED) is 0.838. The molecule has 8 heteroatoms. The van der Waals surface area contributed by atoms with E-state index in [1.807, 2.05) is 25.1 Å². The van der Waals surface area contributed by atoms with Crippen LogP contribution in [0.2, 0.25) is 10.3 Å². The zero-order valence-corrected chi connectivity index (χ0v) is 13.8. The summed E-state index contributed by atoms with van der Waals surface area (Å²) in [4.78, 5) is 21.8. The molecule has 0 spiro atoms. The third-order valence-corrected chi connectivity index (χ3v) is 3.42. The summed E-state index contributed by atoms with van der Waals surface area (Å²) in [5.41, 5.74) is 1.94. The number of hydrogen-bond acceptors (Lipinski definition) is 5. The first-order valence-electron chi connectivity index (χ1n) is 6.41. The maximum Gasteiger partial charge on any atom is 0.253 e. The topological polar surface area (TPSA) is 70.2 Å². The van der Waals surface area contributed by atoms with E-state index in [-0.39, 0.29) is 11.2 Å². The highest BCUT2D eigenvalue weighted by molar-refractivity contribution is 6.33. The van der Waals surface area contributed by atoms with Crippen LogP contribution >= 0.6 is 23.2 Å². The lowest BCUT2D eigenvalue weighted by Crippen LogP contribution is -2.20. The first kappa shape index (κ1) is 16.3. The van der Waals surface area contributed by atoms with Gasteiger partial charge in [-0.1, -0.05) is 11.6 Å². The molecule has 1 aromatic heterocycles. The molecule has 0 unspecified atom stereocenters. The molecule has 0 saturated heterocycles. The monoisotopic (exact) mass is 339 g/mol. The molecule has 2 rings (SSSR count). The van der Waals surface area contributed by atoms with E-state index in [2.05, 4.69) is 20.6 Å². The highest BCUT2D eigenvalue weighted by Crippen LogP contribution is 2.28. The van der Waals surface area contributed by atoms with Crippen molar-refractivity contribution < 1.29 is 4.79 Å². The van der Waals surface area contributed by atoms with Gasteiger partial charge in [-0.15, -0.1) is 0 Å². The van der Waals surface area contributed by atoms with Crippen molar-refractivity contribution in [2.24, 2.45) is 0 Å². The summed E-state index contributed by atoms with van der Waals surface area (Å²) in [5.74, 6) is 0.117. The summed E-state index contributed by atoms with van der Waals surface area (Å²) in [6.45, 7) is 0. The molecule has 22 heavy (non-hydrogen) atoms. The van der Waals surface area contributed by atoms with Gasteiger partial charge in [-0.25, -0.2) is 4.98 Å². The summed E-state index contributed by atoms with van der Waals surface area (Å²) >= 11 is 11.8. The zero-order valence-electron chi connectivity index (χ0n) is 12.3. The van der Waals surface area contributed by atoms with Crippen LogP contribution in [-0.4, -0.2) is 37.0 Å². The third-order valence-electron chi connectivity index (χ3n) is 2.96. The fourth-order valence-corrected chi connectivity index (χ4v) is 2.07. The highest BCUT2D eigenvalue weighted by atomic mass is 35.5. The molecule has 0 saturated carbocycles. The van der Waals surface area contributed by atoms with Gasteiger partial charge in [0.2, 0.25) is 5.28 Å². The lowest BCUT2D eigenvalue weighted by molar-refractivity contribution is 0.0964. The number of amides is 1. The van der Waals surface area contributed by atoms with Crippen molar-refractivity contribution in [2.45, 2.75) is 0 Å². The van der Waals surface area contributed by atoms with E-state index >= 15 is 0 Å². The predicted molar refractivity (Wildman–Crippen MR) is 89.5 cm³/mol. The standard InChI is InChI=1S/C14H15Cl2N5O/c1-17-13(22)9-6-8(21(2)3)4-5-11(9)19-12-10(15)7-18-14(16)20-12/h4-7H,1-3H3,(H,17,22)(H,18,19,20). The van der Waals surface area contributed by atoms with E-state index < -0.39 is 0 Å². The molecule has 0 aliphatic carbocycles. The van der Waals surface area contributed by atoms with Crippen molar-refractivity contribution in [3.05, 3.63) is 40.3 Å². The van der Waals surface area contributed by atoms with Crippen molar-refractivity contribution in [3.8, 4) is 0 Å². The largest absolute Gasteiger partial charge is 0.378 e. The Morgan fingerprint density at radius 3 is 2.64 bits per heavy atom. The van der Waals surface area contributed by atoms with Gasteiger partial charge in [-0.05, 0) is 29.8 Å². The summed E-state index contributed by atoms with van der Waals surface area (Å²) in [6, 6.07) is 5.44. The Morgan fingerprint density at radius 2 is 2.00 bits per heavy atom. The van der Waals surface area contributed by atoms with E-state index in [0.717, 1.165) is 5.69 Å². The number of carbonyl (C=O) groups is 1. The Hall–Kier alpha value is -2.05. The average molecular weight is 340 g/mol. The maximum atomic E-state index is 12.1. The summed E-state index contributed by atoms with van der Waals surface area (Å²) in [5, 5.41) is 6.00. The number of nitrogens with zero attached hydrogens (tertiary/aromatic N) is 3. The minimum absolute atomic E-state index is 0.0679. The fourth-order valence-electron chi connectivity index (χ4n) is 1.80. The molecule has 0 radical (unpaired) electrons. The SMILES string of the molecule is CNC(=O)c1cc(N(C)C)ccc1Nc1nc(Cl)ncc1Cl. The van der Waals surface area contributed by atoms with Crippen LogP contribution in [-0.2, 0) is 0 Å². The summed E-state index contributed by atoms with van der Waals surface area (Å²) < 4.78 is 0. The van der Waals surface area contributed by atoms with Gasteiger partial charge in [0, 0.05) is 26.8 Å². The van der Waals surface area contributed by atoms with Crippen LogP contribution < -0.4 is 15.5 Å². The van der Waals surface area contributed by atoms with Crippen LogP contribution in [0, 0.1) is 0 Å². The van der Waals surface area contributed by atoms with E-state index in [0.29, 0.717) is 22.1 Å². The predicted octanol–water partition coefficient (Wildman–Crippen LogP) is 2.95. The van der Waals surface area contributed by atoms with Gasteiger partial charge in [0.15, 0.2) is 5.82 Å². The van der Waals surface area contributed by atoms with Gasteiger partial charge in [0.25, 0.3) is 5.91 Å². The number of benzene rings is 1. The Balaban J connectivity index is 2.45. The lowest BCUT2D eigenvalue weighted by atomic mass is 10.1. The summed E-state index contributed by atoms with van der Waals surface area (Å²) in [7, 11) is 5.37. The minimum atomic E-state index is -0.220. The number of aromatic nitrogens is 2. The maximum absolute atomic E-state index is 12.1. The van der Waals surface area contributed by atoms with Crippen LogP contribution in [0.1, 0.15) is 10.4 Å². The van der Waals surface area contributed by atoms with Crippen LogP contribution in [0.25, 0.3) is 0 Å². The van der Waals surface area contributed by atoms with Crippen molar-refractivity contribution in [1.82, 2.24) is 15.3 Å². The van der Waals surface area contributed by atoms with E-state index in [9.17, 15) is 4.79 Å². The number of rotatable bonds is 4. The number of hydrogen-bond donors (Lipinski definition) is 2. The second kappa shape index (κ2) is 6.81. The molecule has 1 heterocycles. The molecule has 1 amide bonds. The molecule has 1 aromatic carbocycles. The van der Waals surface area contributed by atoms with Crippen LogP contribution in [0.5, 0.6) is 0 Å². The van der Waals surface area contributed by atoms with Crippen molar-refractivity contribution in [1.29, 1.82) is 0 Å². The smallest absolute Gasteiger partial charge is 0.253 e. The van der Waals surface area contributed by atoms with Crippen LogP contribution in [0.3, 0.4) is 0 Å². The Bertz CT molecular complexity index is 706. The van der Waals surface area contributed by atoms with Crippen molar-refractivity contribution in [3.63, 3.8) is 0 Å². The van der Waals surface area contributed by atoms with Gasteiger partial charge in [-0.2, -0.15) is 4.98 Å². The number of anilines is 3. The Labute approximate surface area is 138 Å². The van der Waals surface area contributed by atoms with Gasteiger partial charge >= 0.3 is 0 Å². The third kappa shape index (κ3) is 3.58. The Morgan fingerprint density at radius 1 is 1.27 bits per heavy atom. The lowest BCUT2D eigenvalue weighted by Gasteiger charge is -2.17. The first-order valence-corrected chi connectivity index (χ1v) is 7.16. The minimum Gasteiger partial charge on any atom is -0.378 e. The molecular weight excluding hydrogens is 325 g/mol. The number of halogens is 2. The van der Waals surface area contributed by atoms with Gasteiger partial charge in [-0.3, -0.25) is 4.79 Å². The second-order valence-corrected chi connectivity index (χ2v) is 5.41. The molecule has 0 atom stereocenters. The molecule has 0 aliphatic rings. The van der Waals surface area contributed by atoms with Gasteiger partial charge in [0.1, 0.15) is 5.02 Å². The highest BCUT2D eigenvalue weighted by Gasteiger charge is 2.14. The number of nitrogens with one attached hydrogen (secondary N) is 2. The van der Waals surface area contributed by atoms with Crippen LogP contribution in [0.4, 0.5) is 17.2 Å². The first-order chi connectivity index (χ1) is 10.4. The van der Waals surface area contributed by atoms with Crippen molar-refractivity contribution >= 4 is 46.3 Å². The van der Waals surface area contributed by atoms with Gasteiger partial charge in [0.05, 0.1) is 17.4 Å². The molecule has 0 fully saturated rings. The molecule has 2 N–H and O–H groups in total.